The maximum atomic E-state index is 13.2. The third-order valence-electron chi connectivity index (χ3n) is 8.13. The molecule has 1 aliphatic heterocycles. The van der Waals surface area contributed by atoms with Crippen molar-refractivity contribution in [2.24, 2.45) is 11.3 Å². The maximum Gasteiger partial charge on any atom is 0.403 e. The molecule has 7 nitrogen and oxygen atoms in total. The molecule has 6 N–H and O–H groups in total. The molecular weight excluding hydrogens is 518 g/mol. The fourth-order valence-electron chi connectivity index (χ4n) is 5.48. The molecule has 0 aromatic carbocycles. The summed E-state index contributed by atoms with van der Waals surface area (Å²) in [4.78, 5) is 12.2. The number of hydrogen-bond donors (Lipinski definition) is 6. The third kappa shape index (κ3) is 6.97. The highest BCUT2D eigenvalue weighted by Crippen LogP contribution is 2.57. The Morgan fingerprint density at radius 3 is 2.63 bits per heavy atom. The van der Waals surface area contributed by atoms with E-state index in [1.807, 2.05) is 13.0 Å². The van der Waals surface area contributed by atoms with Crippen molar-refractivity contribution >= 4 is 25.4 Å². The lowest BCUT2D eigenvalue weighted by molar-refractivity contribution is -0.192. The van der Waals surface area contributed by atoms with E-state index in [1.165, 1.54) is 0 Å². The zero-order valence-electron chi connectivity index (χ0n) is 21.9. The van der Waals surface area contributed by atoms with Crippen LogP contribution in [-0.4, -0.2) is 62.2 Å². The number of carbonyl (C=O) groups is 1. The summed E-state index contributed by atoms with van der Waals surface area (Å²) in [5.74, 6) is -1.06. The van der Waals surface area contributed by atoms with Crippen LogP contribution in [-0.2, 0) is 4.79 Å². The smallest absolute Gasteiger partial charge is 0.375 e. The van der Waals surface area contributed by atoms with Gasteiger partial charge in [0.15, 0.2) is 0 Å². The van der Waals surface area contributed by atoms with Crippen LogP contribution < -0.4 is 26.6 Å². The quantitative estimate of drug-likeness (QED) is 0.141. The lowest BCUT2D eigenvalue weighted by atomic mass is 9.83. The first-order valence-corrected chi connectivity index (χ1v) is 13.8. The number of aliphatic hydroxyl groups excluding tert-OH is 1. The molecule has 210 valence electrons. The Bertz CT molecular complexity index is 980. The molecule has 0 aromatic heterocycles. The van der Waals surface area contributed by atoms with Crippen LogP contribution in [0, 0.1) is 11.3 Å². The molecule has 1 heterocycles. The van der Waals surface area contributed by atoms with Crippen molar-refractivity contribution < 1.29 is 23.1 Å². The highest BCUT2D eigenvalue weighted by molar-refractivity contribution is 6.29. The molecule has 3 aliphatic carbocycles. The van der Waals surface area contributed by atoms with Gasteiger partial charge in [-0.2, -0.15) is 13.2 Å². The zero-order valence-corrected chi connectivity index (χ0v) is 22.7. The van der Waals surface area contributed by atoms with Gasteiger partial charge in [0, 0.05) is 35.4 Å². The van der Waals surface area contributed by atoms with Crippen LogP contribution in [0.15, 0.2) is 33.9 Å². The van der Waals surface area contributed by atoms with E-state index in [0.29, 0.717) is 11.5 Å². The van der Waals surface area contributed by atoms with E-state index in [0.717, 1.165) is 48.8 Å². The number of amides is 1. The van der Waals surface area contributed by atoms with Crippen molar-refractivity contribution in [3.63, 3.8) is 0 Å². The first-order chi connectivity index (χ1) is 17.9. The van der Waals surface area contributed by atoms with E-state index in [9.17, 15) is 23.1 Å². The molecule has 6 unspecified atom stereocenters. The highest BCUT2D eigenvalue weighted by atomic mass is 35.5. The minimum Gasteiger partial charge on any atom is -0.375 e. The lowest BCUT2D eigenvalue weighted by Crippen LogP contribution is -2.47. The number of carbonyl (C=O) groups excluding carboxylic acids is 1. The van der Waals surface area contributed by atoms with Gasteiger partial charge in [0.25, 0.3) is 0 Å². The Morgan fingerprint density at radius 1 is 1.29 bits per heavy atom. The van der Waals surface area contributed by atoms with Crippen molar-refractivity contribution in [3.8, 4) is 0 Å². The molecule has 0 bridgehead atoms. The molecule has 0 aromatic rings. The highest BCUT2D eigenvalue weighted by Gasteiger charge is 2.68. The van der Waals surface area contributed by atoms with Crippen LogP contribution in [0.25, 0.3) is 0 Å². The number of halogens is 4. The van der Waals surface area contributed by atoms with Crippen LogP contribution in [0.1, 0.15) is 65.2 Å². The summed E-state index contributed by atoms with van der Waals surface area (Å²) in [5, 5.41) is 27.5. The van der Waals surface area contributed by atoms with Gasteiger partial charge in [-0.3, -0.25) is 20.7 Å². The SMILES string of the molecule is [B]C1=CCC(NC(O)C2=CC3NC(N/C(CC(C)CNC(=O)C4(C(F)(F)F)CC4)=C(/C)Cl)NC3CC2)CC1. The van der Waals surface area contributed by atoms with Gasteiger partial charge in [0.2, 0.25) is 5.91 Å². The Balaban J connectivity index is 1.26. The van der Waals surface area contributed by atoms with E-state index in [1.54, 1.807) is 6.92 Å². The third-order valence-corrected chi connectivity index (χ3v) is 8.36. The van der Waals surface area contributed by atoms with Crippen LogP contribution in [0.5, 0.6) is 0 Å². The number of rotatable bonds is 10. The number of fused-ring (bicyclic) bond motifs is 1. The van der Waals surface area contributed by atoms with E-state index in [2.05, 4.69) is 32.7 Å². The average Bonchev–Trinajstić information content (AvgIpc) is 3.58. The molecular formula is C26H38BClF3N5O2. The van der Waals surface area contributed by atoms with E-state index in [4.69, 9.17) is 19.4 Å². The number of allylic oxidation sites excluding steroid dienone is 3. The van der Waals surface area contributed by atoms with Gasteiger partial charge < -0.3 is 15.7 Å². The molecule has 4 rings (SSSR count). The molecule has 2 fully saturated rings. The summed E-state index contributed by atoms with van der Waals surface area (Å²) in [6.45, 7) is 3.75. The minimum atomic E-state index is -4.52. The van der Waals surface area contributed by atoms with Gasteiger partial charge in [0.1, 0.15) is 25.8 Å². The molecule has 4 aliphatic rings. The van der Waals surface area contributed by atoms with E-state index in [-0.39, 0.29) is 49.7 Å². The molecule has 1 amide bonds. The molecule has 1 saturated carbocycles. The summed E-state index contributed by atoms with van der Waals surface area (Å²) in [5.41, 5.74) is 0.413. The fourth-order valence-corrected chi connectivity index (χ4v) is 5.61. The molecule has 38 heavy (non-hydrogen) atoms. The van der Waals surface area contributed by atoms with Crippen molar-refractivity contribution in [1.29, 1.82) is 0 Å². The maximum absolute atomic E-state index is 13.2. The van der Waals surface area contributed by atoms with Crippen molar-refractivity contribution in [2.45, 2.75) is 102 Å². The number of nitrogens with one attached hydrogen (secondary N) is 5. The van der Waals surface area contributed by atoms with Crippen LogP contribution in [0.3, 0.4) is 0 Å². The van der Waals surface area contributed by atoms with Crippen LogP contribution in [0.2, 0.25) is 0 Å². The normalized spacial score (nSPS) is 30.8. The van der Waals surface area contributed by atoms with Crippen molar-refractivity contribution in [3.05, 3.63) is 33.9 Å². The second-order valence-electron chi connectivity index (χ2n) is 11.3. The predicted molar refractivity (Wildman–Crippen MR) is 142 cm³/mol. The summed E-state index contributed by atoms with van der Waals surface area (Å²) in [6, 6.07) is 0.418. The standard InChI is InChI=1S/C26H38BClF3N5O2/c1-14(13-32-23(38)25(9-10-25)26(29,30)31)11-20(15(2)28)35-24-34-19-8-3-16(12-21(19)36-24)22(37)33-18-6-4-17(27)5-7-18/h4,12,14,18-19,21-22,24,33-37H,3,5-11,13H2,1-2H3,(H,32,38)/b20-15-. The Hall–Kier alpha value is -1.53. The van der Waals surface area contributed by atoms with Gasteiger partial charge in [-0.15, -0.1) is 5.47 Å². The zero-order chi connectivity index (χ0) is 27.7. The predicted octanol–water partition coefficient (Wildman–Crippen LogP) is 2.98. The number of hydrogen-bond acceptors (Lipinski definition) is 6. The molecule has 2 radical (unpaired) electrons. The number of alkyl halides is 3. The van der Waals surface area contributed by atoms with Gasteiger partial charge in [-0.05, 0) is 69.8 Å². The van der Waals surface area contributed by atoms with Crippen LogP contribution >= 0.6 is 11.6 Å². The molecule has 12 heteroatoms. The summed E-state index contributed by atoms with van der Waals surface area (Å²) < 4.78 is 39.6. The van der Waals surface area contributed by atoms with Crippen LogP contribution in [0.4, 0.5) is 13.2 Å². The number of aliphatic hydroxyl groups is 1. The molecule has 0 spiro atoms. The lowest BCUT2D eigenvalue weighted by Gasteiger charge is -2.30. The largest absolute Gasteiger partial charge is 0.403 e. The topological polar surface area (TPSA) is 97.4 Å². The van der Waals surface area contributed by atoms with Crippen molar-refractivity contribution in [2.75, 3.05) is 6.54 Å². The first kappa shape index (κ1) is 29.5. The second-order valence-corrected chi connectivity index (χ2v) is 11.8. The fraction of sp³-hybridized carbons (Fsp3) is 0.731. The molecule has 1 saturated heterocycles. The van der Waals surface area contributed by atoms with E-state index >= 15 is 0 Å². The summed E-state index contributed by atoms with van der Waals surface area (Å²) in [7, 11) is 5.85. The van der Waals surface area contributed by atoms with E-state index < -0.39 is 23.7 Å². The first-order valence-electron chi connectivity index (χ1n) is 13.5. The summed E-state index contributed by atoms with van der Waals surface area (Å²) in [6.07, 6.45) is 2.97. The second kappa shape index (κ2) is 11.9. The van der Waals surface area contributed by atoms with Gasteiger partial charge >= 0.3 is 6.18 Å². The van der Waals surface area contributed by atoms with Gasteiger partial charge in [-0.1, -0.05) is 30.7 Å². The summed E-state index contributed by atoms with van der Waals surface area (Å²) >= 11 is 6.35. The van der Waals surface area contributed by atoms with Crippen molar-refractivity contribution in [1.82, 2.24) is 26.6 Å². The van der Waals surface area contributed by atoms with Gasteiger partial charge in [-0.25, -0.2) is 0 Å². The Labute approximate surface area is 228 Å². The Kier molecular flexibility index (Phi) is 9.24. The average molecular weight is 556 g/mol. The molecule has 6 atom stereocenters. The minimum absolute atomic E-state index is 0.0280. The monoisotopic (exact) mass is 555 g/mol. The van der Waals surface area contributed by atoms with Gasteiger partial charge in [0.05, 0.1) is 0 Å². The Morgan fingerprint density at radius 2 is 2.03 bits per heavy atom.